The van der Waals surface area contributed by atoms with Crippen LogP contribution in [-0.2, 0) is 0 Å². The van der Waals surface area contributed by atoms with Crippen molar-refractivity contribution in [2.75, 3.05) is 20.6 Å². The Hall–Kier alpha value is -0.0800. The predicted molar refractivity (Wildman–Crippen MR) is 48.6 cm³/mol. The first-order valence-electron chi connectivity index (χ1n) is 4.59. The second-order valence-electron chi connectivity index (χ2n) is 3.67. The van der Waals surface area contributed by atoms with E-state index < -0.39 is 0 Å². The number of nitrogens with zero attached hydrogens (tertiary/aromatic N) is 2. The Labute approximate surface area is 70.2 Å². The molecule has 0 aromatic rings. The molecular weight excluding hydrogens is 136 g/mol. The maximum absolute atomic E-state index is 2.48. The van der Waals surface area contributed by atoms with Gasteiger partial charge in [0.1, 0.15) is 0 Å². The number of hydrogen-bond acceptors (Lipinski definition) is 2. The van der Waals surface area contributed by atoms with Crippen LogP contribution < -0.4 is 0 Å². The van der Waals surface area contributed by atoms with E-state index in [0.29, 0.717) is 6.17 Å². The highest BCUT2D eigenvalue weighted by atomic mass is 15.4. The molecule has 2 nitrogen and oxygen atoms in total. The summed E-state index contributed by atoms with van der Waals surface area (Å²) in [6.07, 6.45) is 3.21. The van der Waals surface area contributed by atoms with Crippen molar-refractivity contribution in [3.05, 3.63) is 0 Å². The van der Waals surface area contributed by atoms with E-state index in [1.807, 2.05) is 0 Å². The quantitative estimate of drug-likeness (QED) is 0.566. The van der Waals surface area contributed by atoms with Crippen LogP contribution in [0.4, 0.5) is 0 Å². The first-order valence-corrected chi connectivity index (χ1v) is 4.59. The van der Waals surface area contributed by atoms with E-state index in [0.717, 1.165) is 6.04 Å². The Bertz CT molecular complexity index is 125. The minimum Gasteiger partial charge on any atom is -0.291 e. The molecule has 1 fully saturated rings. The zero-order valence-electron chi connectivity index (χ0n) is 8.17. The summed E-state index contributed by atoms with van der Waals surface area (Å²) in [6, 6.07) is 0.760. The van der Waals surface area contributed by atoms with Crippen molar-refractivity contribution in [3.8, 4) is 0 Å². The highest BCUT2D eigenvalue weighted by molar-refractivity contribution is 4.78. The van der Waals surface area contributed by atoms with Gasteiger partial charge < -0.3 is 0 Å². The Morgan fingerprint density at radius 2 is 2.00 bits per heavy atom. The summed E-state index contributed by atoms with van der Waals surface area (Å²) in [6.45, 7) is 5.83. The Morgan fingerprint density at radius 1 is 1.36 bits per heavy atom. The molecule has 0 amide bonds. The lowest BCUT2D eigenvalue weighted by atomic mass is 10.1. The van der Waals surface area contributed by atoms with Crippen LogP contribution in [0.25, 0.3) is 0 Å². The molecule has 0 N–H and O–H groups in total. The molecule has 11 heavy (non-hydrogen) atoms. The first kappa shape index (κ1) is 9.01. The van der Waals surface area contributed by atoms with Gasteiger partial charge in [-0.05, 0) is 33.9 Å². The van der Waals surface area contributed by atoms with Gasteiger partial charge in [0, 0.05) is 12.6 Å². The summed E-state index contributed by atoms with van der Waals surface area (Å²) in [4.78, 5) is 4.92. The second-order valence-corrected chi connectivity index (χ2v) is 3.67. The topological polar surface area (TPSA) is 6.48 Å². The lowest BCUT2D eigenvalue weighted by Crippen LogP contribution is -2.53. The van der Waals surface area contributed by atoms with Crippen LogP contribution in [0.5, 0.6) is 0 Å². The van der Waals surface area contributed by atoms with Crippen molar-refractivity contribution in [1.82, 2.24) is 9.80 Å². The van der Waals surface area contributed by atoms with E-state index in [1.54, 1.807) is 0 Å². The third-order valence-electron chi connectivity index (χ3n) is 2.94. The van der Waals surface area contributed by atoms with Crippen molar-refractivity contribution in [3.63, 3.8) is 0 Å². The lowest BCUT2D eigenvalue weighted by Gasteiger charge is -2.43. The van der Waals surface area contributed by atoms with E-state index >= 15 is 0 Å². The Balaban J connectivity index is 2.55. The average Bonchev–Trinajstić information content (AvgIpc) is 1.99. The summed E-state index contributed by atoms with van der Waals surface area (Å²) >= 11 is 0. The fourth-order valence-corrected chi connectivity index (χ4v) is 1.95. The van der Waals surface area contributed by atoms with Gasteiger partial charge in [0.05, 0.1) is 6.17 Å². The summed E-state index contributed by atoms with van der Waals surface area (Å²) in [5, 5.41) is 0. The second kappa shape index (κ2) is 3.55. The van der Waals surface area contributed by atoms with Crippen LogP contribution >= 0.6 is 0 Å². The molecule has 0 bridgehead atoms. The Morgan fingerprint density at radius 3 is 2.45 bits per heavy atom. The minimum atomic E-state index is 0.666. The molecule has 1 aliphatic heterocycles. The third kappa shape index (κ3) is 1.74. The van der Waals surface area contributed by atoms with E-state index in [-0.39, 0.29) is 0 Å². The van der Waals surface area contributed by atoms with E-state index in [2.05, 4.69) is 37.7 Å². The van der Waals surface area contributed by atoms with E-state index in [4.69, 9.17) is 0 Å². The van der Waals surface area contributed by atoms with E-state index in [1.165, 1.54) is 19.4 Å². The van der Waals surface area contributed by atoms with Crippen LogP contribution in [0, 0.1) is 0 Å². The van der Waals surface area contributed by atoms with Crippen LogP contribution in [-0.4, -0.2) is 42.6 Å². The van der Waals surface area contributed by atoms with Gasteiger partial charge in [-0.25, -0.2) is 0 Å². The zero-order valence-corrected chi connectivity index (χ0v) is 8.17. The van der Waals surface area contributed by atoms with Crippen molar-refractivity contribution < 1.29 is 0 Å². The predicted octanol–water partition coefficient (Wildman–Crippen LogP) is 1.38. The molecule has 1 heterocycles. The molecule has 0 radical (unpaired) electrons. The molecular formula is C9H20N2. The molecule has 0 aromatic heterocycles. The summed E-state index contributed by atoms with van der Waals surface area (Å²) in [5.41, 5.74) is 0. The molecule has 1 rings (SSSR count). The molecule has 0 aliphatic carbocycles. The van der Waals surface area contributed by atoms with Gasteiger partial charge in [-0.2, -0.15) is 0 Å². The molecule has 2 heteroatoms. The molecule has 0 spiro atoms. The van der Waals surface area contributed by atoms with Gasteiger partial charge in [0.25, 0.3) is 0 Å². The van der Waals surface area contributed by atoms with Crippen LogP contribution in [0.15, 0.2) is 0 Å². The van der Waals surface area contributed by atoms with Crippen molar-refractivity contribution in [2.24, 2.45) is 0 Å². The van der Waals surface area contributed by atoms with Gasteiger partial charge in [-0.3, -0.25) is 9.80 Å². The van der Waals surface area contributed by atoms with Crippen LogP contribution in [0.2, 0.25) is 0 Å². The summed E-state index contributed by atoms with van der Waals surface area (Å²) in [7, 11) is 4.45. The molecule has 0 aromatic carbocycles. The fraction of sp³-hybridized carbons (Fsp3) is 1.00. The molecule has 2 unspecified atom stereocenters. The van der Waals surface area contributed by atoms with Gasteiger partial charge in [-0.1, -0.05) is 6.92 Å². The summed E-state index contributed by atoms with van der Waals surface area (Å²) in [5.74, 6) is 0. The van der Waals surface area contributed by atoms with Gasteiger partial charge in [-0.15, -0.1) is 0 Å². The summed E-state index contributed by atoms with van der Waals surface area (Å²) < 4.78 is 0. The monoisotopic (exact) mass is 156 g/mol. The highest BCUT2D eigenvalue weighted by Crippen LogP contribution is 2.18. The largest absolute Gasteiger partial charge is 0.291 e. The fourth-order valence-electron chi connectivity index (χ4n) is 1.95. The maximum atomic E-state index is 2.48. The van der Waals surface area contributed by atoms with Crippen molar-refractivity contribution in [1.29, 1.82) is 0 Å². The van der Waals surface area contributed by atoms with E-state index in [9.17, 15) is 0 Å². The molecule has 2 atom stereocenters. The first-order chi connectivity index (χ1) is 5.16. The standard InChI is InChI=1S/C9H20N2/c1-5-9-10(3)7-6-8(2)11(9)4/h8-9H,5-7H2,1-4H3. The maximum Gasteiger partial charge on any atom is 0.0617 e. The lowest BCUT2D eigenvalue weighted by molar-refractivity contribution is 0.00482. The SMILES string of the molecule is CCC1N(C)CCC(C)N1C. The van der Waals surface area contributed by atoms with Gasteiger partial charge >= 0.3 is 0 Å². The smallest absolute Gasteiger partial charge is 0.0617 e. The van der Waals surface area contributed by atoms with Gasteiger partial charge in [0.2, 0.25) is 0 Å². The molecule has 0 saturated carbocycles. The number of hydrogen-bond donors (Lipinski definition) is 0. The molecule has 66 valence electrons. The molecule has 1 aliphatic rings. The Kier molecular flexibility index (Phi) is 2.90. The van der Waals surface area contributed by atoms with Gasteiger partial charge in [0.15, 0.2) is 0 Å². The van der Waals surface area contributed by atoms with Crippen molar-refractivity contribution >= 4 is 0 Å². The third-order valence-corrected chi connectivity index (χ3v) is 2.94. The minimum absolute atomic E-state index is 0.666. The zero-order chi connectivity index (χ0) is 8.43. The van der Waals surface area contributed by atoms with Crippen molar-refractivity contribution in [2.45, 2.75) is 38.9 Å². The highest BCUT2D eigenvalue weighted by Gasteiger charge is 2.26. The van der Waals surface area contributed by atoms with Crippen LogP contribution in [0.3, 0.4) is 0 Å². The average molecular weight is 156 g/mol. The number of rotatable bonds is 1. The van der Waals surface area contributed by atoms with Crippen LogP contribution in [0.1, 0.15) is 26.7 Å². The normalized spacial score (nSPS) is 36.0. The molecule has 1 saturated heterocycles.